The van der Waals surface area contributed by atoms with E-state index < -0.39 is 47.0 Å². The van der Waals surface area contributed by atoms with E-state index in [9.17, 15) is 31.9 Å². The second kappa shape index (κ2) is 13.9. The van der Waals surface area contributed by atoms with Gasteiger partial charge < -0.3 is 16.0 Å². The van der Waals surface area contributed by atoms with E-state index >= 15 is 0 Å². The second-order valence-electron chi connectivity index (χ2n) is 11.5. The van der Waals surface area contributed by atoms with Gasteiger partial charge in [-0.05, 0) is 42.3 Å². The maximum Gasteiger partial charge on any atom is 0.416 e. The van der Waals surface area contributed by atoms with E-state index in [1.54, 1.807) is 43.4 Å². The van der Waals surface area contributed by atoms with Crippen molar-refractivity contribution in [2.75, 3.05) is 38.1 Å². The van der Waals surface area contributed by atoms with Crippen LogP contribution in [-0.4, -0.2) is 53.2 Å². The van der Waals surface area contributed by atoms with Gasteiger partial charge in [0.15, 0.2) is 0 Å². The summed E-state index contributed by atoms with van der Waals surface area (Å²) >= 11 is 0. The zero-order chi connectivity index (χ0) is 33.9. The molecule has 5 rings (SSSR count). The maximum atomic E-state index is 15.0. The van der Waals surface area contributed by atoms with Gasteiger partial charge in [-0.15, -0.1) is 0 Å². The number of hydrogen-bond donors (Lipinski definition) is 2. The Morgan fingerprint density at radius 1 is 0.915 bits per heavy atom. The Labute approximate surface area is 268 Å². The summed E-state index contributed by atoms with van der Waals surface area (Å²) in [6.07, 6.45) is -4.86. The summed E-state index contributed by atoms with van der Waals surface area (Å²) < 4.78 is 58.7. The van der Waals surface area contributed by atoms with E-state index in [1.807, 2.05) is 23.1 Å². The number of amides is 1. The van der Waals surface area contributed by atoms with Crippen LogP contribution in [0.1, 0.15) is 44.3 Å². The summed E-state index contributed by atoms with van der Waals surface area (Å²) in [6.45, 7) is 2.88. The lowest BCUT2D eigenvalue weighted by molar-refractivity contribution is -0.138. The van der Waals surface area contributed by atoms with Crippen LogP contribution >= 0.6 is 0 Å². The molecular weight excluding hydrogens is 616 g/mol. The normalized spacial score (nSPS) is 14.7. The molecule has 0 radical (unpaired) electrons. The lowest BCUT2D eigenvalue weighted by atomic mass is 10.1. The van der Waals surface area contributed by atoms with Crippen LogP contribution in [0.2, 0.25) is 0 Å². The first-order valence-corrected chi connectivity index (χ1v) is 15.2. The molecule has 2 heterocycles. The van der Waals surface area contributed by atoms with Crippen LogP contribution in [0.5, 0.6) is 0 Å². The van der Waals surface area contributed by atoms with E-state index in [4.69, 9.17) is 5.73 Å². The Balaban J connectivity index is 1.50. The Hall–Kier alpha value is -4.75. The van der Waals surface area contributed by atoms with E-state index in [-0.39, 0.29) is 23.8 Å². The third-order valence-corrected chi connectivity index (χ3v) is 8.52. The van der Waals surface area contributed by atoms with Crippen molar-refractivity contribution in [2.24, 2.45) is 5.73 Å². The Kier molecular flexibility index (Phi) is 9.96. The molecule has 4 aromatic rings. The number of alkyl halides is 3. The van der Waals surface area contributed by atoms with Gasteiger partial charge in [0.1, 0.15) is 11.5 Å². The molecule has 13 heteroatoms. The summed E-state index contributed by atoms with van der Waals surface area (Å²) in [5.74, 6) is -1.30. The molecule has 1 aliphatic heterocycles. The number of benzene rings is 3. The van der Waals surface area contributed by atoms with E-state index in [0.29, 0.717) is 43.9 Å². The topological polar surface area (TPSA) is 106 Å². The number of nitrogens with one attached hydrogen (secondary N) is 1. The monoisotopic (exact) mass is 652 g/mol. The molecular formula is C34H36F4N6O3. The number of aromatic nitrogens is 2. The van der Waals surface area contributed by atoms with Gasteiger partial charge in [0, 0.05) is 62.6 Å². The predicted octanol–water partition coefficient (Wildman–Crippen LogP) is 3.91. The molecule has 0 saturated carbocycles. The number of rotatable bonds is 9. The summed E-state index contributed by atoms with van der Waals surface area (Å²) in [7, 11) is 1.56. The highest BCUT2D eigenvalue weighted by Crippen LogP contribution is 2.33. The van der Waals surface area contributed by atoms with Crippen molar-refractivity contribution in [3.8, 4) is 0 Å². The lowest BCUT2D eigenvalue weighted by Crippen LogP contribution is -2.51. The zero-order valence-corrected chi connectivity index (χ0v) is 26.1. The molecule has 248 valence electrons. The van der Waals surface area contributed by atoms with E-state index in [0.717, 1.165) is 32.9 Å². The number of carbonyl (C=O) groups excluding carboxylic acids is 1. The van der Waals surface area contributed by atoms with Crippen LogP contribution < -0.4 is 27.2 Å². The van der Waals surface area contributed by atoms with Crippen molar-refractivity contribution in [3.63, 3.8) is 0 Å². The third kappa shape index (κ3) is 7.31. The average Bonchev–Trinajstić information content (AvgIpc) is 3.06. The SMILES string of the molecule is CNC(=O)c1cccc(CN2CCN(c3c(C)n(Cc4c(F)cccc4C(F)(F)F)c(=O)n(CC(N)c4ccccc4)c3=O)CC2)c1. The van der Waals surface area contributed by atoms with Crippen molar-refractivity contribution in [3.05, 3.63) is 133 Å². The van der Waals surface area contributed by atoms with Gasteiger partial charge in [-0.25, -0.2) is 9.18 Å². The van der Waals surface area contributed by atoms with Crippen molar-refractivity contribution in [1.29, 1.82) is 0 Å². The highest BCUT2D eigenvalue weighted by molar-refractivity contribution is 5.94. The number of carbonyl (C=O) groups is 1. The molecule has 1 aromatic heterocycles. The number of halogens is 4. The van der Waals surface area contributed by atoms with Crippen molar-refractivity contribution >= 4 is 11.6 Å². The minimum absolute atomic E-state index is 0.132. The van der Waals surface area contributed by atoms with Crippen molar-refractivity contribution in [2.45, 2.75) is 38.8 Å². The average molecular weight is 653 g/mol. The first-order valence-electron chi connectivity index (χ1n) is 15.2. The summed E-state index contributed by atoms with van der Waals surface area (Å²) in [5.41, 5.74) is 5.44. The molecule has 0 bridgehead atoms. The number of piperazine rings is 1. The fourth-order valence-corrected chi connectivity index (χ4v) is 5.99. The minimum atomic E-state index is -4.86. The molecule has 1 aliphatic rings. The van der Waals surface area contributed by atoms with Crippen LogP contribution in [-0.2, 0) is 25.8 Å². The molecule has 0 aliphatic carbocycles. The van der Waals surface area contributed by atoms with Gasteiger partial charge in [-0.1, -0.05) is 48.5 Å². The number of nitrogens with zero attached hydrogens (tertiary/aromatic N) is 4. The van der Waals surface area contributed by atoms with Crippen molar-refractivity contribution in [1.82, 2.24) is 19.4 Å². The number of hydrogen-bond acceptors (Lipinski definition) is 6. The van der Waals surface area contributed by atoms with Crippen LogP contribution in [0.25, 0.3) is 0 Å². The Morgan fingerprint density at radius 3 is 2.26 bits per heavy atom. The standard InChI is InChI=1S/C34H36F4N6O3/c1-22-30(42-16-14-41(15-17-42)19-23-8-6-11-25(18-23)31(45)40-2)32(46)44(21-29(39)24-9-4-3-5-10-24)33(47)43(22)20-26-27(34(36,37)38)12-7-13-28(26)35/h3-13,18,29H,14-17,19-21,39H2,1-2H3,(H,40,45). The van der Waals surface area contributed by atoms with Gasteiger partial charge in [0.25, 0.3) is 11.5 Å². The van der Waals surface area contributed by atoms with Crippen LogP contribution in [0.15, 0.2) is 82.4 Å². The lowest BCUT2D eigenvalue weighted by Gasteiger charge is -2.37. The summed E-state index contributed by atoms with van der Waals surface area (Å²) in [4.78, 5) is 43.9. The second-order valence-corrected chi connectivity index (χ2v) is 11.5. The summed E-state index contributed by atoms with van der Waals surface area (Å²) in [5, 5.41) is 2.61. The van der Waals surface area contributed by atoms with Crippen LogP contribution in [0.4, 0.5) is 23.2 Å². The molecule has 1 fully saturated rings. The van der Waals surface area contributed by atoms with Crippen LogP contribution in [0.3, 0.4) is 0 Å². The molecule has 1 atom stereocenters. The molecule has 3 N–H and O–H groups in total. The fraction of sp³-hybridized carbons (Fsp3) is 0.324. The minimum Gasteiger partial charge on any atom is -0.363 e. The largest absolute Gasteiger partial charge is 0.416 e. The quantitative estimate of drug-likeness (QED) is 0.266. The molecule has 0 spiro atoms. The number of anilines is 1. The molecule has 1 amide bonds. The molecule has 1 saturated heterocycles. The Bertz CT molecular complexity index is 1860. The third-order valence-electron chi connectivity index (χ3n) is 8.52. The first-order chi connectivity index (χ1) is 22.4. The van der Waals surface area contributed by atoms with Gasteiger partial charge in [0.2, 0.25) is 0 Å². The maximum absolute atomic E-state index is 15.0. The van der Waals surface area contributed by atoms with Gasteiger partial charge >= 0.3 is 11.9 Å². The van der Waals surface area contributed by atoms with Crippen molar-refractivity contribution < 1.29 is 22.4 Å². The first kappa shape index (κ1) is 33.6. The van der Waals surface area contributed by atoms with Crippen LogP contribution in [0, 0.1) is 12.7 Å². The fourth-order valence-electron chi connectivity index (χ4n) is 5.99. The predicted molar refractivity (Wildman–Crippen MR) is 171 cm³/mol. The van der Waals surface area contributed by atoms with Gasteiger partial charge in [0.05, 0.1) is 18.7 Å². The highest BCUT2D eigenvalue weighted by atomic mass is 19.4. The van der Waals surface area contributed by atoms with E-state index in [1.165, 1.54) is 6.92 Å². The molecule has 1 unspecified atom stereocenters. The smallest absolute Gasteiger partial charge is 0.363 e. The molecule has 9 nitrogen and oxygen atoms in total. The molecule has 47 heavy (non-hydrogen) atoms. The summed E-state index contributed by atoms with van der Waals surface area (Å²) in [6, 6.07) is 18.0. The van der Waals surface area contributed by atoms with E-state index in [2.05, 4.69) is 10.2 Å². The van der Waals surface area contributed by atoms with Gasteiger partial charge in [-0.2, -0.15) is 13.2 Å². The molecule has 3 aromatic carbocycles. The van der Waals surface area contributed by atoms with Gasteiger partial charge in [-0.3, -0.25) is 23.6 Å². The highest BCUT2D eigenvalue weighted by Gasteiger charge is 2.35. The Morgan fingerprint density at radius 2 is 1.60 bits per heavy atom. The zero-order valence-electron chi connectivity index (χ0n) is 26.1. The number of nitrogens with two attached hydrogens (primary N) is 1.